The summed E-state index contributed by atoms with van der Waals surface area (Å²) in [6.45, 7) is 5.34. The molecule has 0 bridgehead atoms. The minimum atomic E-state index is -3.56. The Balaban J connectivity index is 2.25. The Morgan fingerprint density at radius 2 is 1.95 bits per heavy atom. The summed E-state index contributed by atoms with van der Waals surface area (Å²) in [5, 5.41) is 0. The molecule has 0 aromatic heterocycles. The second-order valence-corrected chi connectivity index (χ2v) is 7.82. The van der Waals surface area contributed by atoms with E-state index in [1.165, 1.54) is 22.5 Å². The predicted octanol–water partition coefficient (Wildman–Crippen LogP) is 3.03. The molecule has 1 heterocycles. The Kier molecular flexibility index (Phi) is 3.97. The third-order valence-corrected chi connectivity index (χ3v) is 5.63. The van der Waals surface area contributed by atoms with Crippen LogP contribution in [-0.4, -0.2) is 25.8 Å². The van der Waals surface area contributed by atoms with Gasteiger partial charge in [0, 0.05) is 13.1 Å². The number of halogens is 1. The molecule has 0 unspecified atom stereocenters. The topological polar surface area (TPSA) is 37.4 Å². The highest BCUT2D eigenvalue weighted by molar-refractivity contribution is 7.89. The van der Waals surface area contributed by atoms with Gasteiger partial charge in [-0.2, -0.15) is 4.31 Å². The molecule has 1 aliphatic rings. The molecule has 5 heteroatoms. The van der Waals surface area contributed by atoms with E-state index >= 15 is 0 Å². The summed E-state index contributed by atoms with van der Waals surface area (Å²) in [5.41, 5.74) is 0.173. The minimum absolute atomic E-state index is 0.0483. The fraction of sp³-hybridized carbons (Fsp3) is 0.571. The highest BCUT2D eigenvalue weighted by atomic mass is 32.2. The van der Waals surface area contributed by atoms with Gasteiger partial charge in [-0.25, -0.2) is 12.8 Å². The van der Waals surface area contributed by atoms with Crippen molar-refractivity contribution in [3.8, 4) is 0 Å². The molecule has 0 aliphatic carbocycles. The molecule has 1 aliphatic heterocycles. The van der Waals surface area contributed by atoms with E-state index in [0.717, 1.165) is 25.3 Å². The maximum atomic E-state index is 13.2. The van der Waals surface area contributed by atoms with Crippen molar-refractivity contribution in [3.05, 3.63) is 30.1 Å². The molecule has 0 spiro atoms. The van der Waals surface area contributed by atoms with Crippen molar-refractivity contribution in [3.63, 3.8) is 0 Å². The lowest BCUT2D eigenvalue weighted by Crippen LogP contribution is -2.32. The molecular formula is C14H20FNO2S. The van der Waals surface area contributed by atoms with Gasteiger partial charge < -0.3 is 0 Å². The van der Waals surface area contributed by atoms with E-state index in [1.54, 1.807) is 0 Å². The van der Waals surface area contributed by atoms with Crippen molar-refractivity contribution in [1.82, 2.24) is 4.31 Å². The molecule has 3 nitrogen and oxygen atoms in total. The van der Waals surface area contributed by atoms with Crippen LogP contribution in [0.3, 0.4) is 0 Å². The monoisotopic (exact) mass is 285 g/mol. The van der Waals surface area contributed by atoms with Crippen LogP contribution in [0.15, 0.2) is 29.2 Å². The maximum Gasteiger partial charge on any atom is 0.243 e. The largest absolute Gasteiger partial charge is 0.243 e. The van der Waals surface area contributed by atoms with Gasteiger partial charge in [0.25, 0.3) is 0 Å². The van der Waals surface area contributed by atoms with Crippen LogP contribution in [0.4, 0.5) is 4.39 Å². The van der Waals surface area contributed by atoms with Crippen LogP contribution >= 0.6 is 0 Å². The zero-order chi connectivity index (χ0) is 14.1. The quantitative estimate of drug-likeness (QED) is 0.837. The first-order chi connectivity index (χ1) is 8.81. The minimum Gasteiger partial charge on any atom is -0.207 e. The first kappa shape index (κ1) is 14.5. The summed E-state index contributed by atoms with van der Waals surface area (Å²) in [6.07, 6.45) is 2.70. The Morgan fingerprint density at radius 1 is 1.21 bits per heavy atom. The van der Waals surface area contributed by atoms with Gasteiger partial charge in [-0.15, -0.1) is 0 Å². The molecule has 1 aromatic rings. The van der Waals surface area contributed by atoms with Crippen LogP contribution < -0.4 is 0 Å². The van der Waals surface area contributed by atoms with Crippen LogP contribution in [-0.2, 0) is 10.0 Å². The summed E-state index contributed by atoms with van der Waals surface area (Å²) >= 11 is 0. The van der Waals surface area contributed by atoms with Gasteiger partial charge >= 0.3 is 0 Å². The Bertz CT molecular complexity index is 554. The molecule has 0 N–H and O–H groups in total. The van der Waals surface area contributed by atoms with Crippen LogP contribution in [0.5, 0.6) is 0 Å². The van der Waals surface area contributed by atoms with Gasteiger partial charge in [0.1, 0.15) is 5.82 Å². The second kappa shape index (κ2) is 5.21. The number of nitrogens with zero attached hydrogens (tertiary/aromatic N) is 1. The third kappa shape index (κ3) is 3.34. The van der Waals surface area contributed by atoms with Crippen LogP contribution in [0, 0.1) is 11.2 Å². The predicted molar refractivity (Wildman–Crippen MR) is 72.8 cm³/mol. The molecule has 0 amide bonds. The molecule has 0 radical (unpaired) electrons. The Hall–Kier alpha value is -0.940. The average Bonchev–Trinajstić information content (AvgIpc) is 2.50. The van der Waals surface area contributed by atoms with Gasteiger partial charge in [0.2, 0.25) is 10.0 Å². The van der Waals surface area contributed by atoms with E-state index in [1.807, 2.05) is 0 Å². The fourth-order valence-electron chi connectivity index (χ4n) is 2.42. The lowest BCUT2D eigenvalue weighted by Gasteiger charge is -2.23. The van der Waals surface area contributed by atoms with E-state index < -0.39 is 15.8 Å². The fourth-order valence-corrected chi connectivity index (χ4v) is 3.93. The van der Waals surface area contributed by atoms with Crippen molar-refractivity contribution >= 4 is 10.0 Å². The lowest BCUT2D eigenvalue weighted by molar-refractivity contribution is 0.315. The average molecular weight is 285 g/mol. The molecule has 1 saturated heterocycles. The lowest BCUT2D eigenvalue weighted by atomic mass is 9.85. The van der Waals surface area contributed by atoms with Crippen molar-refractivity contribution in [2.75, 3.05) is 13.1 Å². The van der Waals surface area contributed by atoms with E-state index in [0.29, 0.717) is 13.1 Å². The summed E-state index contributed by atoms with van der Waals surface area (Å²) < 4.78 is 39.6. The summed E-state index contributed by atoms with van der Waals surface area (Å²) in [6, 6.07) is 5.23. The highest BCUT2D eigenvalue weighted by Gasteiger charge is 2.30. The summed E-state index contributed by atoms with van der Waals surface area (Å²) in [7, 11) is -3.56. The van der Waals surface area contributed by atoms with E-state index in [2.05, 4.69) is 13.8 Å². The zero-order valence-electron chi connectivity index (χ0n) is 11.4. The highest BCUT2D eigenvalue weighted by Crippen LogP contribution is 2.31. The van der Waals surface area contributed by atoms with Crippen LogP contribution in [0.25, 0.3) is 0 Å². The standard InChI is InChI=1S/C14H20FNO2S/c1-14(2)7-4-9-16(10-8-14)19(17,18)13-6-3-5-12(15)11-13/h3,5-6,11H,4,7-10H2,1-2H3. The molecule has 19 heavy (non-hydrogen) atoms. The van der Waals surface area contributed by atoms with Crippen molar-refractivity contribution in [1.29, 1.82) is 0 Å². The Labute approximate surface area is 114 Å². The molecule has 2 rings (SSSR count). The van der Waals surface area contributed by atoms with Crippen molar-refractivity contribution in [2.45, 2.75) is 38.0 Å². The first-order valence-electron chi connectivity index (χ1n) is 6.57. The number of hydrogen-bond acceptors (Lipinski definition) is 2. The SMILES string of the molecule is CC1(C)CCCN(S(=O)(=O)c2cccc(F)c2)CC1. The zero-order valence-corrected chi connectivity index (χ0v) is 12.2. The maximum absolute atomic E-state index is 13.2. The molecular weight excluding hydrogens is 265 g/mol. The number of sulfonamides is 1. The molecule has 1 fully saturated rings. The smallest absolute Gasteiger partial charge is 0.207 e. The van der Waals surface area contributed by atoms with Crippen LogP contribution in [0.2, 0.25) is 0 Å². The number of hydrogen-bond donors (Lipinski definition) is 0. The van der Waals surface area contributed by atoms with Gasteiger partial charge in [-0.1, -0.05) is 19.9 Å². The second-order valence-electron chi connectivity index (χ2n) is 5.88. The van der Waals surface area contributed by atoms with E-state index in [9.17, 15) is 12.8 Å². The normalized spacial score (nSPS) is 21.0. The summed E-state index contributed by atoms with van der Waals surface area (Å²) in [5.74, 6) is -0.517. The first-order valence-corrected chi connectivity index (χ1v) is 8.01. The van der Waals surface area contributed by atoms with Gasteiger partial charge in [-0.05, 0) is 42.9 Å². The molecule has 1 aromatic carbocycles. The van der Waals surface area contributed by atoms with Gasteiger partial charge in [0.15, 0.2) is 0 Å². The molecule has 0 saturated carbocycles. The Morgan fingerprint density at radius 3 is 2.63 bits per heavy atom. The van der Waals surface area contributed by atoms with E-state index in [-0.39, 0.29) is 10.3 Å². The van der Waals surface area contributed by atoms with Crippen LogP contribution in [0.1, 0.15) is 33.1 Å². The van der Waals surface area contributed by atoms with Gasteiger partial charge in [0.05, 0.1) is 4.90 Å². The van der Waals surface area contributed by atoms with E-state index in [4.69, 9.17) is 0 Å². The molecule has 0 atom stereocenters. The number of benzene rings is 1. The molecule has 106 valence electrons. The number of rotatable bonds is 2. The summed E-state index contributed by atoms with van der Waals surface area (Å²) in [4.78, 5) is 0.0483. The van der Waals surface area contributed by atoms with Gasteiger partial charge in [-0.3, -0.25) is 0 Å². The van der Waals surface area contributed by atoms with Crippen molar-refractivity contribution < 1.29 is 12.8 Å². The third-order valence-electron chi connectivity index (χ3n) is 3.73. The van der Waals surface area contributed by atoms with Crippen molar-refractivity contribution in [2.24, 2.45) is 5.41 Å².